The average Bonchev–Trinajstić information content (AvgIpc) is 2.63. The smallest absolute Gasteiger partial charge is 0.270 e. The molecule has 0 saturated carbocycles. The van der Waals surface area contributed by atoms with Crippen molar-refractivity contribution in [3.05, 3.63) is 100 Å². The standard InChI is InChI=1S/C21H16N2O2/c24-21-20(22-18-11-4-5-12-19(18)23-21)14-15-7-6-10-17(13-15)25-16-8-2-1-3-9-16/h1-13H,14H2,(H,23,24). The number of rotatable bonds is 4. The van der Waals surface area contributed by atoms with Crippen LogP contribution in [0.5, 0.6) is 11.5 Å². The van der Waals surface area contributed by atoms with Crippen LogP contribution in [0.15, 0.2) is 83.7 Å². The predicted molar refractivity (Wildman–Crippen MR) is 98.1 cm³/mol. The first-order chi connectivity index (χ1) is 12.3. The Labute approximate surface area is 144 Å². The predicted octanol–water partition coefficient (Wildman–Crippen LogP) is 4.31. The number of aromatic amines is 1. The number of ether oxygens (including phenoxy) is 1. The molecule has 3 aromatic carbocycles. The second-order valence-corrected chi connectivity index (χ2v) is 5.77. The summed E-state index contributed by atoms with van der Waals surface area (Å²) in [5, 5.41) is 0. The summed E-state index contributed by atoms with van der Waals surface area (Å²) in [6.45, 7) is 0. The molecule has 0 amide bonds. The fourth-order valence-electron chi connectivity index (χ4n) is 2.72. The lowest BCUT2D eigenvalue weighted by atomic mass is 10.1. The molecule has 0 fully saturated rings. The Morgan fingerprint density at radius 3 is 2.48 bits per heavy atom. The molecule has 1 N–H and O–H groups in total. The van der Waals surface area contributed by atoms with Gasteiger partial charge in [-0.25, -0.2) is 4.98 Å². The van der Waals surface area contributed by atoms with Crippen LogP contribution >= 0.6 is 0 Å². The quantitative estimate of drug-likeness (QED) is 0.607. The zero-order valence-corrected chi connectivity index (χ0v) is 13.5. The molecule has 0 spiro atoms. The van der Waals surface area contributed by atoms with Gasteiger partial charge in [-0.1, -0.05) is 42.5 Å². The normalized spacial score (nSPS) is 10.7. The molecule has 0 atom stereocenters. The third kappa shape index (κ3) is 3.43. The highest BCUT2D eigenvalue weighted by molar-refractivity contribution is 5.73. The van der Waals surface area contributed by atoms with Gasteiger partial charge in [-0.3, -0.25) is 4.79 Å². The summed E-state index contributed by atoms with van der Waals surface area (Å²) in [5.74, 6) is 1.52. The van der Waals surface area contributed by atoms with Crippen molar-refractivity contribution in [1.82, 2.24) is 9.97 Å². The Morgan fingerprint density at radius 1 is 0.840 bits per heavy atom. The molecule has 4 aromatic rings. The lowest BCUT2D eigenvalue weighted by Crippen LogP contribution is -2.15. The van der Waals surface area contributed by atoms with E-state index in [1.807, 2.05) is 78.9 Å². The van der Waals surface area contributed by atoms with Gasteiger partial charge in [-0.2, -0.15) is 0 Å². The van der Waals surface area contributed by atoms with E-state index in [1.165, 1.54) is 0 Å². The number of hydrogen-bond donors (Lipinski definition) is 1. The van der Waals surface area contributed by atoms with Crippen LogP contribution < -0.4 is 10.3 Å². The monoisotopic (exact) mass is 328 g/mol. The molecule has 4 heteroatoms. The molecular weight excluding hydrogens is 312 g/mol. The van der Waals surface area contributed by atoms with Crippen LogP contribution in [-0.2, 0) is 6.42 Å². The molecule has 0 aliphatic carbocycles. The number of fused-ring (bicyclic) bond motifs is 1. The van der Waals surface area contributed by atoms with Crippen molar-refractivity contribution in [3.8, 4) is 11.5 Å². The number of nitrogens with one attached hydrogen (secondary N) is 1. The summed E-state index contributed by atoms with van der Waals surface area (Å²) in [5.41, 5.74) is 2.84. The number of para-hydroxylation sites is 3. The van der Waals surface area contributed by atoms with Gasteiger partial charge in [-0.15, -0.1) is 0 Å². The largest absolute Gasteiger partial charge is 0.457 e. The van der Waals surface area contributed by atoms with E-state index in [2.05, 4.69) is 9.97 Å². The lowest BCUT2D eigenvalue weighted by molar-refractivity contribution is 0.482. The van der Waals surface area contributed by atoms with E-state index in [9.17, 15) is 4.79 Å². The first-order valence-corrected chi connectivity index (χ1v) is 8.08. The minimum absolute atomic E-state index is 0.159. The fraction of sp³-hybridized carbons (Fsp3) is 0.0476. The second-order valence-electron chi connectivity index (χ2n) is 5.77. The highest BCUT2D eigenvalue weighted by Gasteiger charge is 2.07. The zero-order valence-electron chi connectivity index (χ0n) is 13.5. The van der Waals surface area contributed by atoms with Crippen LogP contribution in [-0.4, -0.2) is 9.97 Å². The summed E-state index contributed by atoms with van der Waals surface area (Å²) in [4.78, 5) is 19.6. The maximum atomic E-state index is 12.3. The average molecular weight is 328 g/mol. The topological polar surface area (TPSA) is 55.0 Å². The molecule has 1 heterocycles. The second kappa shape index (κ2) is 6.61. The van der Waals surface area contributed by atoms with Crippen LogP contribution in [0.1, 0.15) is 11.3 Å². The lowest BCUT2D eigenvalue weighted by Gasteiger charge is -2.08. The van der Waals surface area contributed by atoms with Crippen molar-refractivity contribution < 1.29 is 4.74 Å². The number of aromatic nitrogens is 2. The van der Waals surface area contributed by atoms with Crippen molar-refractivity contribution in [1.29, 1.82) is 0 Å². The van der Waals surface area contributed by atoms with Gasteiger partial charge in [0.2, 0.25) is 0 Å². The van der Waals surface area contributed by atoms with Gasteiger partial charge in [-0.05, 0) is 42.0 Å². The summed E-state index contributed by atoms with van der Waals surface area (Å²) in [6, 6.07) is 24.9. The maximum Gasteiger partial charge on any atom is 0.270 e. The summed E-state index contributed by atoms with van der Waals surface area (Å²) in [6.07, 6.45) is 0.451. The Morgan fingerprint density at radius 2 is 1.60 bits per heavy atom. The molecule has 0 radical (unpaired) electrons. The van der Waals surface area contributed by atoms with Crippen molar-refractivity contribution >= 4 is 11.0 Å². The summed E-state index contributed by atoms with van der Waals surface area (Å²) < 4.78 is 5.85. The SMILES string of the molecule is O=c1[nH]c2ccccc2nc1Cc1cccc(Oc2ccccc2)c1. The fourth-order valence-corrected chi connectivity index (χ4v) is 2.72. The molecule has 0 aliphatic rings. The van der Waals surface area contributed by atoms with Crippen LogP contribution in [0.4, 0.5) is 0 Å². The van der Waals surface area contributed by atoms with E-state index >= 15 is 0 Å². The molecular formula is C21H16N2O2. The van der Waals surface area contributed by atoms with Gasteiger partial charge >= 0.3 is 0 Å². The van der Waals surface area contributed by atoms with Crippen LogP contribution in [0.25, 0.3) is 11.0 Å². The van der Waals surface area contributed by atoms with Gasteiger partial charge < -0.3 is 9.72 Å². The Kier molecular flexibility index (Phi) is 4.01. The van der Waals surface area contributed by atoms with E-state index < -0.39 is 0 Å². The molecule has 122 valence electrons. The van der Waals surface area contributed by atoms with Crippen molar-refractivity contribution in [2.75, 3.05) is 0 Å². The number of hydrogen-bond acceptors (Lipinski definition) is 3. The zero-order chi connectivity index (χ0) is 17.1. The van der Waals surface area contributed by atoms with E-state index in [1.54, 1.807) is 0 Å². The summed E-state index contributed by atoms with van der Waals surface area (Å²) in [7, 11) is 0. The highest BCUT2D eigenvalue weighted by Crippen LogP contribution is 2.22. The van der Waals surface area contributed by atoms with Crippen LogP contribution in [0.2, 0.25) is 0 Å². The van der Waals surface area contributed by atoms with E-state index in [-0.39, 0.29) is 5.56 Å². The number of benzene rings is 3. The maximum absolute atomic E-state index is 12.3. The molecule has 4 nitrogen and oxygen atoms in total. The van der Waals surface area contributed by atoms with Crippen molar-refractivity contribution in [3.63, 3.8) is 0 Å². The summed E-state index contributed by atoms with van der Waals surface area (Å²) >= 11 is 0. The Hall–Kier alpha value is -3.40. The molecule has 4 rings (SSSR count). The van der Waals surface area contributed by atoms with Gasteiger partial charge in [0.1, 0.15) is 17.2 Å². The third-order valence-corrected chi connectivity index (χ3v) is 3.92. The first kappa shape index (κ1) is 15.1. The molecule has 0 bridgehead atoms. The van der Waals surface area contributed by atoms with Crippen LogP contribution in [0, 0.1) is 0 Å². The van der Waals surface area contributed by atoms with Gasteiger partial charge in [0.15, 0.2) is 0 Å². The molecule has 0 unspecified atom stereocenters. The Bertz CT molecular complexity index is 1070. The number of H-pyrrole nitrogens is 1. The van der Waals surface area contributed by atoms with E-state index in [4.69, 9.17) is 4.74 Å². The van der Waals surface area contributed by atoms with Crippen LogP contribution in [0.3, 0.4) is 0 Å². The van der Waals surface area contributed by atoms with Gasteiger partial charge in [0, 0.05) is 6.42 Å². The minimum Gasteiger partial charge on any atom is -0.457 e. The Balaban J connectivity index is 1.62. The van der Waals surface area contributed by atoms with E-state index in [0.29, 0.717) is 12.1 Å². The van der Waals surface area contributed by atoms with E-state index in [0.717, 1.165) is 28.1 Å². The molecule has 0 aliphatic heterocycles. The molecule has 1 aromatic heterocycles. The number of nitrogens with zero attached hydrogens (tertiary/aromatic N) is 1. The van der Waals surface area contributed by atoms with Crippen molar-refractivity contribution in [2.24, 2.45) is 0 Å². The van der Waals surface area contributed by atoms with Gasteiger partial charge in [0.25, 0.3) is 5.56 Å². The van der Waals surface area contributed by atoms with Crippen molar-refractivity contribution in [2.45, 2.75) is 6.42 Å². The minimum atomic E-state index is -0.159. The van der Waals surface area contributed by atoms with Gasteiger partial charge in [0.05, 0.1) is 11.0 Å². The molecule has 0 saturated heterocycles. The highest BCUT2D eigenvalue weighted by atomic mass is 16.5. The molecule has 25 heavy (non-hydrogen) atoms. The first-order valence-electron chi connectivity index (χ1n) is 8.08. The third-order valence-electron chi connectivity index (χ3n) is 3.92.